The number of fused-ring (bicyclic) bond motifs is 1. The second kappa shape index (κ2) is 10.3. The van der Waals surface area contributed by atoms with Gasteiger partial charge in [0.25, 0.3) is 5.91 Å². The maximum atomic E-state index is 13.4. The van der Waals surface area contributed by atoms with Gasteiger partial charge in [0.2, 0.25) is 0 Å². The third-order valence-electron chi connectivity index (χ3n) is 6.43. The van der Waals surface area contributed by atoms with Crippen molar-refractivity contribution in [1.29, 1.82) is 0 Å². The van der Waals surface area contributed by atoms with Crippen LogP contribution in [0.15, 0.2) is 90.3 Å². The van der Waals surface area contributed by atoms with Gasteiger partial charge >= 0.3 is 0 Å². The first-order valence-electron chi connectivity index (χ1n) is 12.3. The van der Waals surface area contributed by atoms with Crippen LogP contribution < -0.4 is 15.8 Å². The van der Waals surface area contributed by atoms with Crippen molar-refractivity contribution in [2.45, 2.75) is 6.92 Å². The molecule has 1 amide bonds. The summed E-state index contributed by atoms with van der Waals surface area (Å²) in [4.78, 5) is 24.1. The van der Waals surface area contributed by atoms with Gasteiger partial charge in [-0.1, -0.05) is 72.3 Å². The molecule has 8 heteroatoms. The summed E-state index contributed by atoms with van der Waals surface area (Å²) in [5.74, 6) is 0.439. The van der Waals surface area contributed by atoms with Crippen LogP contribution in [-0.2, 0) is 0 Å². The number of aryl methyl sites for hydroxylation is 1. The van der Waals surface area contributed by atoms with Gasteiger partial charge in [-0.3, -0.25) is 10.1 Å². The number of nitrogens with one attached hydrogen (secondary N) is 1. The van der Waals surface area contributed by atoms with Gasteiger partial charge in [-0.2, -0.15) is 0 Å². The predicted octanol–water partition coefficient (Wildman–Crippen LogP) is 7.91. The molecule has 0 saturated heterocycles. The van der Waals surface area contributed by atoms with Crippen molar-refractivity contribution < 1.29 is 9.53 Å². The van der Waals surface area contributed by atoms with E-state index >= 15 is 0 Å². The zero-order valence-electron chi connectivity index (χ0n) is 21.3. The van der Waals surface area contributed by atoms with Gasteiger partial charge in [0, 0.05) is 21.9 Å². The number of thiophene rings is 1. The van der Waals surface area contributed by atoms with Gasteiger partial charge in [0.1, 0.15) is 15.5 Å². The lowest BCUT2D eigenvalue weighted by Crippen LogP contribution is -2.11. The summed E-state index contributed by atoms with van der Waals surface area (Å²) < 4.78 is 5.32. The molecule has 3 aromatic carbocycles. The monoisotopic (exact) mass is 548 g/mol. The molecule has 0 fully saturated rings. The van der Waals surface area contributed by atoms with E-state index < -0.39 is 0 Å². The third kappa shape index (κ3) is 4.87. The number of nitrogen functional groups attached to an aromatic ring is 1. The summed E-state index contributed by atoms with van der Waals surface area (Å²) >= 11 is 2.65. The molecule has 6 rings (SSSR count). The van der Waals surface area contributed by atoms with Crippen LogP contribution in [0.3, 0.4) is 0 Å². The maximum Gasteiger partial charge on any atom is 0.269 e. The number of anilines is 2. The summed E-state index contributed by atoms with van der Waals surface area (Å²) in [6, 6.07) is 28.0. The van der Waals surface area contributed by atoms with E-state index in [1.165, 1.54) is 28.2 Å². The number of ether oxygens (including phenoxy) is 1. The summed E-state index contributed by atoms with van der Waals surface area (Å²) in [6.45, 7) is 2.06. The molecular weight excluding hydrogens is 525 g/mol. The van der Waals surface area contributed by atoms with Crippen LogP contribution in [0.1, 0.15) is 15.2 Å². The molecule has 0 unspecified atom stereocenters. The number of amides is 1. The lowest BCUT2D eigenvalue weighted by molar-refractivity contribution is 0.103. The topological polar surface area (TPSA) is 90.1 Å². The third-order valence-corrected chi connectivity index (χ3v) is 8.28. The van der Waals surface area contributed by atoms with Crippen LogP contribution in [-0.4, -0.2) is 23.0 Å². The molecule has 6 aromatic rings. The number of nitrogens with two attached hydrogens (primary N) is 1. The molecule has 192 valence electrons. The van der Waals surface area contributed by atoms with Crippen molar-refractivity contribution in [2.24, 2.45) is 0 Å². The average molecular weight is 549 g/mol. The molecule has 6 nitrogen and oxygen atoms in total. The van der Waals surface area contributed by atoms with E-state index in [0.29, 0.717) is 20.5 Å². The van der Waals surface area contributed by atoms with Gasteiger partial charge in [-0.25, -0.2) is 9.97 Å². The van der Waals surface area contributed by atoms with E-state index in [0.717, 1.165) is 44.8 Å². The second-order valence-corrected chi connectivity index (χ2v) is 10.9. The zero-order chi connectivity index (χ0) is 26.9. The fourth-order valence-electron chi connectivity index (χ4n) is 4.41. The van der Waals surface area contributed by atoms with Crippen LogP contribution in [0.2, 0.25) is 0 Å². The largest absolute Gasteiger partial charge is 0.497 e. The number of nitrogens with zero attached hydrogens (tertiary/aromatic N) is 2. The Hall–Kier alpha value is -4.53. The highest BCUT2D eigenvalue weighted by molar-refractivity contribution is 7.21. The Morgan fingerprint density at radius 1 is 0.872 bits per heavy atom. The average Bonchev–Trinajstić information content (AvgIpc) is 3.58. The Morgan fingerprint density at radius 3 is 2.41 bits per heavy atom. The van der Waals surface area contributed by atoms with Crippen molar-refractivity contribution in [3.05, 3.63) is 101 Å². The molecule has 0 saturated carbocycles. The molecule has 0 bridgehead atoms. The van der Waals surface area contributed by atoms with Crippen molar-refractivity contribution in [1.82, 2.24) is 9.97 Å². The highest BCUT2D eigenvalue weighted by atomic mass is 32.1. The summed E-state index contributed by atoms with van der Waals surface area (Å²) in [5.41, 5.74) is 13.7. The smallest absolute Gasteiger partial charge is 0.269 e. The number of methoxy groups -OCH3 is 1. The van der Waals surface area contributed by atoms with E-state index in [9.17, 15) is 4.79 Å². The number of benzene rings is 3. The van der Waals surface area contributed by atoms with Crippen molar-refractivity contribution >= 4 is 49.6 Å². The minimum absolute atomic E-state index is 0.307. The van der Waals surface area contributed by atoms with Crippen molar-refractivity contribution in [3.63, 3.8) is 0 Å². The Morgan fingerprint density at radius 2 is 1.64 bits per heavy atom. The molecule has 0 atom stereocenters. The van der Waals surface area contributed by atoms with E-state index in [1.54, 1.807) is 7.11 Å². The Kier molecular flexibility index (Phi) is 6.56. The van der Waals surface area contributed by atoms with Crippen LogP contribution >= 0.6 is 22.7 Å². The Balaban J connectivity index is 1.39. The van der Waals surface area contributed by atoms with Crippen LogP contribution in [0.25, 0.3) is 43.9 Å². The van der Waals surface area contributed by atoms with Gasteiger partial charge in [-0.15, -0.1) is 22.7 Å². The van der Waals surface area contributed by atoms with Crippen LogP contribution in [0.5, 0.6) is 5.75 Å². The number of hydrogen-bond acceptors (Lipinski definition) is 7. The quantitative estimate of drug-likeness (QED) is 0.221. The summed E-state index contributed by atoms with van der Waals surface area (Å²) in [7, 11) is 1.63. The van der Waals surface area contributed by atoms with Crippen molar-refractivity contribution in [2.75, 3.05) is 18.2 Å². The summed E-state index contributed by atoms with van der Waals surface area (Å²) in [6.07, 6.45) is 0. The lowest BCUT2D eigenvalue weighted by atomic mass is 9.99. The molecule has 0 aliphatic rings. The number of carbonyl (C=O) groups is 1. The van der Waals surface area contributed by atoms with Gasteiger partial charge in [0.15, 0.2) is 5.13 Å². The van der Waals surface area contributed by atoms with E-state index in [2.05, 4.69) is 41.5 Å². The van der Waals surface area contributed by atoms with E-state index in [1.807, 2.05) is 66.0 Å². The van der Waals surface area contributed by atoms with Crippen molar-refractivity contribution in [3.8, 4) is 39.4 Å². The molecule has 0 radical (unpaired) electrons. The Bertz CT molecular complexity index is 1810. The number of carbonyl (C=O) groups excluding carboxylic acids is 1. The standard InChI is InChI=1S/C31H24N4O2S2/c1-18-11-13-19(14-12-18)23-16-24(20-7-4-3-5-8-20)33-30-26(23)27(32)28(39-30)29(36)35-31-34-25(17-38-31)21-9-6-10-22(15-21)37-2/h3-17H,32H2,1-2H3,(H,34,35,36). The van der Waals surface area contributed by atoms with Crippen LogP contribution in [0, 0.1) is 6.92 Å². The van der Waals surface area contributed by atoms with Crippen LogP contribution in [0.4, 0.5) is 10.8 Å². The molecule has 3 N–H and O–H groups in total. The minimum Gasteiger partial charge on any atom is -0.497 e. The van der Waals surface area contributed by atoms with E-state index in [-0.39, 0.29) is 5.91 Å². The Labute approximate surface area is 233 Å². The number of rotatable bonds is 6. The first-order chi connectivity index (χ1) is 19.0. The number of aromatic nitrogens is 2. The molecule has 39 heavy (non-hydrogen) atoms. The molecule has 3 aromatic heterocycles. The fraction of sp³-hybridized carbons (Fsp3) is 0.0645. The highest BCUT2D eigenvalue weighted by Crippen LogP contribution is 2.42. The summed E-state index contributed by atoms with van der Waals surface area (Å²) in [5, 5.41) is 6.11. The first kappa shape index (κ1) is 24.8. The molecule has 0 aliphatic heterocycles. The first-order valence-corrected chi connectivity index (χ1v) is 14.0. The number of pyridine rings is 1. The minimum atomic E-state index is -0.307. The molecule has 0 spiro atoms. The fourth-order valence-corrected chi connectivity index (χ4v) is 6.14. The van der Waals surface area contributed by atoms with E-state index in [4.69, 9.17) is 15.5 Å². The highest BCUT2D eigenvalue weighted by Gasteiger charge is 2.22. The molecular formula is C31H24N4O2S2. The van der Waals surface area contributed by atoms with Gasteiger partial charge in [-0.05, 0) is 36.2 Å². The SMILES string of the molecule is COc1cccc(-c2csc(NC(=O)c3sc4nc(-c5ccccc5)cc(-c5ccc(C)cc5)c4c3N)n2)c1. The number of thiazole rings is 1. The zero-order valence-corrected chi connectivity index (χ0v) is 22.9. The molecule has 0 aliphatic carbocycles. The normalized spacial score (nSPS) is 11.0. The predicted molar refractivity (Wildman–Crippen MR) is 162 cm³/mol. The van der Waals surface area contributed by atoms with Gasteiger partial charge < -0.3 is 10.5 Å². The second-order valence-electron chi connectivity index (χ2n) is 9.04. The molecule has 3 heterocycles. The maximum absolute atomic E-state index is 13.4. The van der Waals surface area contributed by atoms with Gasteiger partial charge in [0.05, 0.1) is 24.2 Å². The number of hydrogen-bond donors (Lipinski definition) is 2. The lowest BCUT2D eigenvalue weighted by Gasteiger charge is -2.09.